The molecule has 0 aromatic heterocycles. The van der Waals surface area contributed by atoms with Crippen LogP contribution in [0.2, 0.25) is 5.02 Å². The molecular formula is C25H27ClFN5O2. The number of rotatable bonds is 11. The highest BCUT2D eigenvalue weighted by atomic mass is 35.5. The summed E-state index contributed by atoms with van der Waals surface area (Å²) in [5, 5.41) is 26.4. The van der Waals surface area contributed by atoms with E-state index in [2.05, 4.69) is 16.0 Å². The third-order valence-electron chi connectivity index (χ3n) is 5.00. The molecule has 0 saturated carbocycles. The number of hydrogen-bond donors (Lipinski definition) is 4. The van der Waals surface area contributed by atoms with Gasteiger partial charge in [0.15, 0.2) is 0 Å². The Morgan fingerprint density at radius 3 is 2.59 bits per heavy atom. The number of hydrogen-bond acceptors (Lipinski definition) is 6. The van der Waals surface area contributed by atoms with Gasteiger partial charge in [-0.05, 0) is 48.4 Å². The zero-order valence-electron chi connectivity index (χ0n) is 19.2. The van der Waals surface area contributed by atoms with Crippen molar-refractivity contribution in [1.82, 2.24) is 10.6 Å². The number of halogens is 2. The van der Waals surface area contributed by atoms with E-state index in [1.165, 1.54) is 30.3 Å². The van der Waals surface area contributed by atoms with E-state index in [1.54, 1.807) is 13.2 Å². The number of carbonyl (C=O) groups is 2. The molecule has 1 amide bonds. The quantitative estimate of drug-likeness (QED) is 0.281. The van der Waals surface area contributed by atoms with Gasteiger partial charge in [0.2, 0.25) is 5.91 Å². The molecule has 178 valence electrons. The van der Waals surface area contributed by atoms with E-state index in [-0.39, 0.29) is 22.1 Å². The molecule has 0 aliphatic heterocycles. The molecule has 0 unspecified atom stereocenters. The summed E-state index contributed by atoms with van der Waals surface area (Å²) < 4.78 is 13.9. The molecule has 2 atom stereocenters. The Kier molecular flexibility index (Phi) is 9.92. The Morgan fingerprint density at radius 2 is 2.00 bits per heavy atom. The van der Waals surface area contributed by atoms with Crippen LogP contribution in [0.1, 0.15) is 41.3 Å². The van der Waals surface area contributed by atoms with Gasteiger partial charge < -0.3 is 21.4 Å². The van der Waals surface area contributed by atoms with Crippen LogP contribution >= 0.6 is 11.6 Å². The lowest BCUT2D eigenvalue weighted by atomic mass is 9.83. The number of nitrogens with one attached hydrogen (secondary N) is 4. The number of nitrogens with zero attached hydrogens (tertiary/aromatic N) is 1. The number of nitriles is 1. The lowest BCUT2D eigenvalue weighted by Gasteiger charge is -2.30. The van der Waals surface area contributed by atoms with Crippen molar-refractivity contribution in [2.24, 2.45) is 5.92 Å². The maximum atomic E-state index is 13.9. The van der Waals surface area contributed by atoms with E-state index in [0.29, 0.717) is 29.7 Å². The molecule has 0 aliphatic rings. The Labute approximate surface area is 203 Å². The number of anilines is 1. The van der Waals surface area contributed by atoms with Crippen LogP contribution < -0.4 is 16.0 Å². The van der Waals surface area contributed by atoms with Gasteiger partial charge in [0.05, 0.1) is 23.6 Å². The van der Waals surface area contributed by atoms with E-state index >= 15 is 0 Å². The second-order valence-electron chi connectivity index (χ2n) is 8.06. The average Bonchev–Trinajstić information content (AvgIpc) is 2.80. The van der Waals surface area contributed by atoms with E-state index in [1.807, 2.05) is 19.9 Å². The minimum absolute atomic E-state index is 0.0223. The molecule has 0 aliphatic carbocycles. The number of carbonyl (C=O) groups excluding carboxylic acids is 2. The van der Waals surface area contributed by atoms with Gasteiger partial charge in [-0.2, -0.15) is 5.26 Å². The molecule has 9 heteroatoms. The van der Waals surface area contributed by atoms with E-state index in [9.17, 15) is 19.2 Å². The molecule has 0 spiro atoms. The average molecular weight is 484 g/mol. The second kappa shape index (κ2) is 12.6. The Morgan fingerprint density at radius 1 is 1.26 bits per heavy atom. The number of benzene rings is 2. The van der Waals surface area contributed by atoms with Crippen LogP contribution in [0.25, 0.3) is 0 Å². The van der Waals surface area contributed by atoms with Crippen LogP contribution in [0.4, 0.5) is 10.1 Å². The van der Waals surface area contributed by atoms with Crippen molar-refractivity contribution in [3.63, 3.8) is 0 Å². The molecule has 0 bridgehead atoms. The molecule has 2 aromatic carbocycles. The largest absolute Gasteiger partial charge is 0.394 e. The van der Waals surface area contributed by atoms with Crippen molar-refractivity contribution in [3.05, 3.63) is 75.7 Å². The van der Waals surface area contributed by atoms with Crippen LogP contribution in [0.5, 0.6) is 0 Å². The molecule has 7 nitrogen and oxygen atoms in total. The molecular weight excluding hydrogens is 457 g/mol. The van der Waals surface area contributed by atoms with Crippen molar-refractivity contribution < 1.29 is 14.0 Å². The first-order valence-corrected chi connectivity index (χ1v) is 11.0. The van der Waals surface area contributed by atoms with Gasteiger partial charge in [-0.25, -0.2) is 4.39 Å². The fourth-order valence-electron chi connectivity index (χ4n) is 3.53. The third kappa shape index (κ3) is 6.98. The summed E-state index contributed by atoms with van der Waals surface area (Å²) in [5.41, 5.74) is 1.33. The normalized spacial score (nSPS) is 13.0. The zero-order valence-corrected chi connectivity index (χ0v) is 19.9. The Balaban J connectivity index is 2.66. The highest BCUT2D eigenvalue weighted by molar-refractivity contribution is 6.31. The topological polar surface area (TPSA) is 118 Å². The minimum Gasteiger partial charge on any atom is -0.394 e. The first-order valence-electron chi connectivity index (χ1n) is 10.6. The predicted molar refractivity (Wildman–Crippen MR) is 132 cm³/mol. The smallest absolute Gasteiger partial charge is 0.233 e. The summed E-state index contributed by atoms with van der Waals surface area (Å²) in [6.07, 6.45) is 3.20. The predicted octanol–water partition coefficient (Wildman–Crippen LogP) is 4.25. The van der Waals surface area contributed by atoms with Crippen molar-refractivity contribution in [1.29, 1.82) is 10.7 Å². The summed E-state index contributed by atoms with van der Waals surface area (Å²) in [6, 6.07) is 9.34. The van der Waals surface area contributed by atoms with E-state index in [4.69, 9.17) is 17.0 Å². The second-order valence-corrected chi connectivity index (χ2v) is 8.49. The summed E-state index contributed by atoms with van der Waals surface area (Å²) in [6.45, 7) is 4.50. The molecule has 2 aromatic rings. The fraction of sp³-hybridized carbons (Fsp3) is 0.280. The van der Waals surface area contributed by atoms with Crippen LogP contribution in [0, 0.1) is 28.5 Å². The Bertz CT molecular complexity index is 1130. The van der Waals surface area contributed by atoms with Gasteiger partial charge >= 0.3 is 0 Å². The fourth-order valence-corrected chi connectivity index (χ4v) is 3.76. The first-order chi connectivity index (χ1) is 16.2. The van der Waals surface area contributed by atoms with Gasteiger partial charge in [-0.15, -0.1) is 0 Å². The van der Waals surface area contributed by atoms with E-state index < -0.39 is 23.7 Å². The monoisotopic (exact) mass is 483 g/mol. The van der Waals surface area contributed by atoms with Crippen molar-refractivity contribution in [2.75, 3.05) is 18.9 Å². The summed E-state index contributed by atoms with van der Waals surface area (Å²) in [5.74, 6) is -1.93. The van der Waals surface area contributed by atoms with Gasteiger partial charge in [0, 0.05) is 41.3 Å². The van der Waals surface area contributed by atoms with Crippen LogP contribution in [0.15, 0.2) is 48.2 Å². The zero-order chi connectivity index (χ0) is 25.3. The Hall–Kier alpha value is -3.54. The standard InChI is InChI=1S/C25H27ClFN5O2/c1-15(2)12-31-24(18(11-29)13-30-3)23(22-5-4-20(27)8-17(22)14-33)25(34)32-21-7-16(10-28)6-19(26)9-21/h4-9,11,13-15,23-24,29-31H,12H2,1-3H3,(H,32,34)/b18-13+,29-11?/t23-,24+/m1/s1. The highest BCUT2D eigenvalue weighted by Gasteiger charge is 2.34. The molecule has 0 radical (unpaired) electrons. The maximum absolute atomic E-state index is 13.9. The molecule has 4 N–H and O–H groups in total. The summed E-state index contributed by atoms with van der Waals surface area (Å²) in [7, 11) is 1.67. The van der Waals surface area contributed by atoms with Crippen molar-refractivity contribution in [2.45, 2.75) is 25.8 Å². The van der Waals surface area contributed by atoms with Gasteiger partial charge in [0.25, 0.3) is 0 Å². The number of aldehydes is 1. The lowest BCUT2D eigenvalue weighted by Crippen LogP contribution is -2.44. The minimum atomic E-state index is -1.02. The third-order valence-corrected chi connectivity index (χ3v) is 5.22. The lowest BCUT2D eigenvalue weighted by molar-refractivity contribution is -0.118. The van der Waals surface area contributed by atoms with Crippen LogP contribution in [0.3, 0.4) is 0 Å². The molecule has 0 saturated heterocycles. The van der Waals surface area contributed by atoms with Gasteiger partial charge in [-0.3, -0.25) is 9.59 Å². The molecule has 2 rings (SSSR count). The molecule has 0 fully saturated rings. The maximum Gasteiger partial charge on any atom is 0.233 e. The highest BCUT2D eigenvalue weighted by Crippen LogP contribution is 2.30. The van der Waals surface area contributed by atoms with Crippen LogP contribution in [-0.2, 0) is 4.79 Å². The summed E-state index contributed by atoms with van der Waals surface area (Å²) in [4.78, 5) is 25.5. The molecule has 34 heavy (non-hydrogen) atoms. The van der Waals surface area contributed by atoms with E-state index in [0.717, 1.165) is 12.3 Å². The van der Waals surface area contributed by atoms with Gasteiger partial charge in [-0.1, -0.05) is 31.5 Å². The van der Waals surface area contributed by atoms with Crippen molar-refractivity contribution >= 4 is 35.7 Å². The molecule has 0 heterocycles. The number of amides is 1. The van der Waals surface area contributed by atoms with Crippen molar-refractivity contribution in [3.8, 4) is 6.07 Å². The first kappa shape index (κ1) is 26.7. The van der Waals surface area contributed by atoms with Crippen LogP contribution in [-0.4, -0.2) is 38.0 Å². The van der Waals surface area contributed by atoms with Gasteiger partial charge in [0.1, 0.15) is 12.1 Å². The SMILES string of the molecule is CN/C=C(\C=N)[C@H](NCC(C)C)[C@H](C(=O)Nc1cc(Cl)cc(C#N)c1)c1ccc(F)cc1C=O. The summed E-state index contributed by atoms with van der Waals surface area (Å²) >= 11 is 6.09.